The third-order valence-corrected chi connectivity index (χ3v) is 7.40. The zero-order chi connectivity index (χ0) is 26.2. The Morgan fingerprint density at radius 1 is 0.973 bits per heavy atom. The second-order valence-electron chi connectivity index (χ2n) is 9.25. The van der Waals surface area contributed by atoms with E-state index in [9.17, 15) is 5.11 Å². The summed E-state index contributed by atoms with van der Waals surface area (Å²) in [5.41, 5.74) is 3.09. The minimum Gasteiger partial charge on any atom is -0.374 e. The van der Waals surface area contributed by atoms with Gasteiger partial charge in [-0.1, -0.05) is 78.7 Å². The Morgan fingerprint density at radius 3 is 2.32 bits per heavy atom. The zero-order valence-electron chi connectivity index (χ0n) is 21.0. The highest BCUT2D eigenvalue weighted by Gasteiger charge is 2.37. The minimum absolute atomic E-state index is 0.595. The van der Waals surface area contributed by atoms with Gasteiger partial charge in [0, 0.05) is 36.6 Å². The summed E-state index contributed by atoms with van der Waals surface area (Å²) in [5.74, 6) is 0.831. The number of benzene rings is 3. The van der Waals surface area contributed by atoms with Gasteiger partial charge in [0.15, 0.2) is 5.60 Å². The first-order valence-corrected chi connectivity index (χ1v) is 13.0. The molecule has 5 aromatic rings. The molecule has 0 spiro atoms. The topological polar surface area (TPSA) is 54.2 Å². The van der Waals surface area contributed by atoms with E-state index in [1.54, 1.807) is 24.7 Å². The number of aryl methyl sites for hydroxylation is 1. The summed E-state index contributed by atoms with van der Waals surface area (Å²) in [6.07, 6.45) is 4.34. The van der Waals surface area contributed by atoms with Crippen LogP contribution >= 0.6 is 23.2 Å². The predicted molar refractivity (Wildman–Crippen MR) is 153 cm³/mol. The number of rotatable bonds is 7. The summed E-state index contributed by atoms with van der Waals surface area (Å²) in [5, 5.41) is 14.3. The molecule has 0 fully saturated rings. The summed E-state index contributed by atoms with van der Waals surface area (Å²) in [6.45, 7) is 2.99. The minimum atomic E-state index is -1.49. The number of hydrogen-bond donors (Lipinski definition) is 1. The highest BCUT2D eigenvalue weighted by Crippen LogP contribution is 2.43. The normalized spacial score (nSPS) is 13.0. The van der Waals surface area contributed by atoms with Crippen molar-refractivity contribution < 1.29 is 5.11 Å². The van der Waals surface area contributed by atoms with Crippen molar-refractivity contribution in [2.24, 2.45) is 7.05 Å². The first kappa shape index (κ1) is 25.3. The molecule has 2 heterocycles. The van der Waals surface area contributed by atoms with Crippen LogP contribution in [-0.4, -0.2) is 33.2 Å². The fourth-order valence-corrected chi connectivity index (χ4v) is 5.35. The van der Waals surface area contributed by atoms with Crippen molar-refractivity contribution in [1.29, 1.82) is 0 Å². The fraction of sp³-hybridized carbons (Fsp3) is 0.200. The van der Waals surface area contributed by atoms with E-state index in [4.69, 9.17) is 28.2 Å². The average molecular weight is 531 g/mol. The monoisotopic (exact) mass is 530 g/mol. The number of halogens is 2. The number of anilines is 1. The van der Waals surface area contributed by atoms with Crippen LogP contribution in [0.25, 0.3) is 22.0 Å². The molecule has 0 bridgehead atoms. The summed E-state index contributed by atoms with van der Waals surface area (Å²) >= 11 is 13.4. The molecule has 0 amide bonds. The lowest BCUT2D eigenvalue weighted by Crippen LogP contribution is -2.31. The molecule has 37 heavy (non-hydrogen) atoms. The lowest BCUT2D eigenvalue weighted by molar-refractivity contribution is 0.117. The van der Waals surface area contributed by atoms with Gasteiger partial charge in [-0.25, -0.2) is 9.97 Å². The van der Waals surface area contributed by atoms with Crippen molar-refractivity contribution in [2.75, 3.05) is 18.5 Å². The molecule has 0 aliphatic heterocycles. The van der Waals surface area contributed by atoms with Gasteiger partial charge in [-0.05, 0) is 47.4 Å². The molecule has 0 saturated carbocycles. The molecule has 2 aromatic heterocycles. The first-order chi connectivity index (χ1) is 17.8. The van der Waals surface area contributed by atoms with Crippen molar-refractivity contribution in [1.82, 2.24) is 14.5 Å². The lowest BCUT2D eigenvalue weighted by atomic mass is 9.83. The Balaban J connectivity index is 1.78. The van der Waals surface area contributed by atoms with Crippen LogP contribution in [0.2, 0.25) is 10.0 Å². The van der Waals surface area contributed by atoms with E-state index in [-0.39, 0.29) is 0 Å². The van der Waals surface area contributed by atoms with Crippen LogP contribution in [0.1, 0.15) is 30.2 Å². The van der Waals surface area contributed by atoms with Gasteiger partial charge in [-0.2, -0.15) is 0 Å². The Bertz CT molecular complexity index is 1550. The molecular weight excluding hydrogens is 503 g/mol. The van der Waals surface area contributed by atoms with Gasteiger partial charge >= 0.3 is 0 Å². The Hall–Kier alpha value is -3.38. The maximum absolute atomic E-state index is 12.4. The summed E-state index contributed by atoms with van der Waals surface area (Å²) in [6, 6.07) is 23.0. The third-order valence-electron chi connectivity index (χ3n) is 6.75. The van der Waals surface area contributed by atoms with Crippen molar-refractivity contribution in [2.45, 2.75) is 18.9 Å². The van der Waals surface area contributed by atoms with Crippen LogP contribution in [0.3, 0.4) is 0 Å². The molecule has 1 unspecified atom stereocenters. The molecule has 0 aliphatic carbocycles. The smallest absolute Gasteiger partial charge is 0.156 e. The van der Waals surface area contributed by atoms with Crippen LogP contribution in [-0.2, 0) is 12.6 Å². The average Bonchev–Trinajstić information content (AvgIpc) is 3.35. The quantitative estimate of drug-likeness (QED) is 0.244. The highest BCUT2D eigenvalue weighted by atomic mass is 35.5. The molecule has 5 rings (SSSR count). The summed E-state index contributed by atoms with van der Waals surface area (Å²) in [7, 11) is 3.90. The van der Waals surface area contributed by atoms with Crippen molar-refractivity contribution in [3.63, 3.8) is 0 Å². The molecule has 7 heteroatoms. The fourth-order valence-electron chi connectivity index (χ4n) is 4.87. The van der Waals surface area contributed by atoms with Crippen molar-refractivity contribution in [3.05, 3.63) is 112 Å². The van der Waals surface area contributed by atoms with Crippen LogP contribution in [0, 0.1) is 0 Å². The van der Waals surface area contributed by atoms with Gasteiger partial charge < -0.3 is 14.6 Å². The number of aliphatic hydroxyl groups is 1. The molecule has 1 atom stereocenters. The molecule has 3 aromatic carbocycles. The van der Waals surface area contributed by atoms with Crippen molar-refractivity contribution in [3.8, 4) is 11.1 Å². The van der Waals surface area contributed by atoms with E-state index in [0.717, 1.165) is 40.8 Å². The largest absolute Gasteiger partial charge is 0.374 e. The van der Waals surface area contributed by atoms with E-state index in [2.05, 4.69) is 16.8 Å². The van der Waals surface area contributed by atoms with Crippen LogP contribution in [0.15, 0.2) is 85.3 Å². The number of aromatic nitrogens is 3. The van der Waals surface area contributed by atoms with Gasteiger partial charge in [-0.15, -0.1) is 0 Å². The predicted octanol–water partition coefficient (Wildman–Crippen LogP) is 7.07. The number of fused-ring (bicyclic) bond motifs is 1. The summed E-state index contributed by atoms with van der Waals surface area (Å²) < 4.78 is 1.82. The Kier molecular flexibility index (Phi) is 6.95. The zero-order valence-corrected chi connectivity index (χ0v) is 22.5. The van der Waals surface area contributed by atoms with Crippen LogP contribution < -0.4 is 4.90 Å². The first-order valence-electron chi connectivity index (χ1n) is 12.2. The van der Waals surface area contributed by atoms with Crippen LogP contribution in [0.4, 0.5) is 5.82 Å². The van der Waals surface area contributed by atoms with Gasteiger partial charge in [0.1, 0.15) is 5.82 Å². The molecule has 188 valence electrons. The van der Waals surface area contributed by atoms with Gasteiger partial charge in [0.05, 0.1) is 28.8 Å². The molecule has 5 nitrogen and oxygen atoms in total. The van der Waals surface area contributed by atoms with Gasteiger partial charge in [0.2, 0.25) is 0 Å². The number of hydrogen-bond acceptors (Lipinski definition) is 4. The van der Waals surface area contributed by atoms with Gasteiger partial charge in [-0.3, -0.25) is 0 Å². The molecule has 0 radical (unpaired) electrons. The van der Waals surface area contributed by atoms with Crippen LogP contribution in [0.5, 0.6) is 0 Å². The molecular formula is C30H28Cl2N4O. The summed E-state index contributed by atoms with van der Waals surface area (Å²) in [4.78, 5) is 11.5. The van der Waals surface area contributed by atoms with Gasteiger partial charge in [0.25, 0.3) is 0 Å². The second-order valence-corrected chi connectivity index (χ2v) is 10.1. The SMILES string of the molecule is CCCN(C)c1nc2ccc(C(O)(c3ccc(Cl)cc3)c3cncn3C)cc2c(Cl)c1-c1ccccc1. The number of pyridine rings is 1. The highest BCUT2D eigenvalue weighted by molar-refractivity contribution is 6.39. The van der Waals surface area contributed by atoms with Crippen molar-refractivity contribution >= 4 is 39.9 Å². The molecule has 1 N–H and O–H groups in total. The van der Waals surface area contributed by atoms with E-state index in [1.165, 1.54) is 0 Å². The Morgan fingerprint density at radius 2 is 1.68 bits per heavy atom. The maximum atomic E-state index is 12.4. The van der Waals surface area contributed by atoms with E-state index in [0.29, 0.717) is 26.9 Å². The Labute approximate surface area is 226 Å². The maximum Gasteiger partial charge on any atom is 0.156 e. The number of nitrogens with zero attached hydrogens (tertiary/aromatic N) is 4. The number of imidazole rings is 1. The van der Waals surface area contributed by atoms with E-state index in [1.807, 2.05) is 79.3 Å². The molecule has 0 saturated heterocycles. The molecule has 0 aliphatic rings. The second kappa shape index (κ2) is 10.2. The van der Waals surface area contributed by atoms with E-state index < -0.39 is 5.60 Å². The lowest BCUT2D eigenvalue weighted by Gasteiger charge is -2.30. The van der Waals surface area contributed by atoms with E-state index >= 15 is 0 Å². The third kappa shape index (κ3) is 4.48. The standard InChI is InChI=1S/C30H28Cl2N4O/c1-4-16-35(2)29-27(20-8-6-5-7-9-20)28(32)24-17-22(12-15-25(24)34-29)30(37,26-18-33-19-36(26)3)21-10-13-23(31)14-11-21/h5-15,17-19,37H,4,16H2,1-3H3.